The van der Waals surface area contributed by atoms with Gasteiger partial charge in [-0.05, 0) is 74.7 Å². The molecule has 0 atom stereocenters. The van der Waals surface area contributed by atoms with Crippen molar-refractivity contribution >= 4 is 29.2 Å². The van der Waals surface area contributed by atoms with Gasteiger partial charge in [0.15, 0.2) is 11.5 Å². The van der Waals surface area contributed by atoms with E-state index in [-0.39, 0.29) is 5.75 Å². The fourth-order valence-electron chi connectivity index (χ4n) is 3.23. The highest BCUT2D eigenvalue weighted by molar-refractivity contribution is 6.39. The summed E-state index contributed by atoms with van der Waals surface area (Å²) < 4.78 is 10.9. The fraction of sp³-hybridized carbons (Fsp3) is 0.185. The van der Waals surface area contributed by atoms with Crippen LogP contribution < -0.4 is 20.2 Å². The van der Waals surface area contributed by atoms with Crippen LogP contribution in [0.2, 0.25) is 0 Å². The maximum Gasteiger partial charge on any atom is 0.343 e. The van der Waals surface area contributed by atoms with Crippen molar-refractivity contribution in [1.82, 2.24) is 5.43 Å². The quantitative estimate of drug-likeness (QED) is 0.182. The van der Waals surface area contributed by atoms with Gasteiger partial charge in [-0.15, -0.1) is 0 Å². The Morgan fingerprint density at radius 1 is 0.829 bits per heavy atom. The van der Waals surface area contributed by atoms with Crippen molar-refractivity contribution in [2.45, 2.75) is 27.7 Å². The van der Waals surface area contributed by atoms with Crippen LogP contribution in [0.1, 0.15) is 39.5 Å². The Labute approximate surface area is 204 Å². The number of aryl methyl sites for hydroxylation is 3. The first-order valence-corrected chi connectivity index (χ1v) is 10.9. The highest BCUT2D eigenvalue weighted by Crippen LogP contribution is 2.29. The number of amides is 2. The molecule has 3 aromatic carbocycles. The molecule has 35 heavy (non-hydrogen) atoms. The van der Waals surface area contributed by atoms with Crippen molar-refractivity contribution in [3.05, 3.63) is 88.5 Å². The number of methoxy groups -OCH3 is 1. The van der Waals surface area contributed by atoms with Crippen LogP contribution in [-0.2, 0) is 9.59 Å². The SMILES string of the molecule is COc1cc(/C(C)=N/NC(=O)C(=O)Nc2cc(C)ccc2C)ccc1OC(=O)c1ccccc1C. The molecule has 0 saturated heterocycles. The standard InChI is InChI=1S/C27H27N3O5/c1-16-10-11-18(3)22(14-16)28-25(31)26(32)30-29-19(4)20-12-13-23(24(15-20)34-5)35-27(33)21-9-7-6-8-17(21)2/h6-15H,1-5H3,(H,28,31)(H,30,32)/b29-19+. The number of carbonyl (C=O) groups is 3. The summed E-state index contributed by atoms with van der Waals surface area (Å²) in [5.74, 6) is -1.67. The highest BCUT2D eigenvalue weighted by Gasteiger charge is 2.17. The number of nitrogens with one attached hydrogen (secondary N) is 2. The predicted molar refractivity (Wildman–Crippen MR) is 134 cm³/mol. The number of ether oxygens (including phenoxy) is 2. The van der Waals surface area contributed by atoms with Gasteiger partial charge < -0.3 is 14.8 Å². The maximum absolute atomic E-state index is 12.5. The van der Waals surface area contributed by atoms with Crippen molar-refractivity contribution in [2.24, 2.45) is 5.10 Å². The molecule has 3 aromatic rings. The van der Waals surface area contributed by atoms with E-state index in [1.54, 1.807) is 43.3 Å². The van der Waals surface area contributed by atoms with Crippen molar-refractivity contribution in [2.75, 3.05) is 12.4 Å². The molecule has 0 fully saturated rings. The van der Waals surface area contributed by atoms with Gasteiger partial charge in [0.2, 0.25) is 0 Å². The fourth-order valence-corrected chi connectivity index (χ4v) is 3.23. The highest BCUT2D eigenvalue weighted by atomic mass is 16.6. The Balaban J connectivity index is 1.69. The van der Waals surface area contributed by atoms with E-state index in [1.165, 1.54) is 7.11 Å². The zero-order valence-electron chi connectivity index (χ0n) is 20.3. The van der Waals surface area contributed by atoms with Gasteiger partial charge in [-0.3, -0.25) is 9.59 Å². The van der Waals surface area contributed by atoms with Crippen LogP contribution in [-0.4, -0.2) is 30.6 Å². The monoisotopic (exact) mass is 473 g/mol. The molecule has 0 bridgehead atoms. The van der Waals surface area contributed by atoms with E-state index < -0.39 is 17.8 Å². The molecule has 8 heteroatoms. The first-order valence-electron chi connectivity index (χ1n) is 10.9. The molecule has 8 nitrogen and oxygen atoms in total. The Morgan fingerprint density at radius 2 is 1.57 bits per heavy atom. The van der Waals surface area contributed by atoms with Gasteiger partial charge in [0.25, 0.3) is 0 Å². The van der Waals surface area contributed by atoms with Crippen LogP contribution in [0.15, 0.2) is 65.8 Å². The predicted octanol–water partition coefficient (Wildman–Crippen LogP) is 4.32. The second-order valence-electron chi connectivity index (χ2n) is 7.98. The van der Waals surface area contributed by atoms with Crippen LogP contribution in [0.25, 0.3) is 0 Å². The summed E-state index contributed by atoms with van der Waals surface area (Å²) in [5, 5.41) is 6.60. The number of benzene rings is 3. The molecule has 2 N–H and O–H groups in total. The van der Waals surface area contributed by atoms with Gasteiger partial charge in [-0.25, -0.2) is 10.2 Å². The third kappa shape index (κ3) is 6.32. The summed E-state index contributed by atoms with van der Waals surface area (Å²) in [4.78, 5) is 37.0. The molecule has 0 aliphatic carbocycles. The summed E-state index contributed by atoms with van der Waals surface area (Å²) in [6.45, 7) is 7.22. The topological polar surface area (TPSA) is 106 Å². The van der Waals surface area contributed by atoms with Crippen LogP contribution >= 0.6 is 0 Å². The van der Waals surface area contributed by atoms with Gasteiger partial charge >= 0.3 is 17.8 Å². The average Bonchev–Trinajstić information content (AvgIpc) is 2.84. The Bertz CT molecular complexity index is 1310. The summed E-state index contributed by atoms with van der Waals surface area (Å²) >= 11 is 0. The number of carbonyl (C=O) groups excluding carboxylic acids is 3. The van der Waals surface area contributed by atoms with Gasteiger partial charge in [0.1, 0.15) is 0 Å². The number of hydrogen-bond acceptors (Lipinski definition) is 6. The molecular formula is C27H27N3O5. The molecular weight excluding hydrogens is 446 g/mol. The van der Waals surface area contributed by atoms with E-state index in [2.05, 4.69) is 15.8 Å². The van der Waals surface area contributed by atoms with Crippen LogP contribution in [0.4, 0.5) is 5.69 Å². The van der Waals surface area contributed by atoms with E-state index in [9.17, 15) is 14.4 Å². The first-order chi connectivity index (χ1) is 16.7. The lowest BCUT2D eigenvalue weighted by molar-refractivity contribution is -0.136. The molecule has 0 unspecified atom stereocenters. The van der Waals surface area contributed by atoms with E-state index in [0.29, 0.717) is 28.3 Å². The number of anilines is 1. The Kier molecular flexibility index (Phi) is 7.99. The van der Waals surface area contributed by atoms with Gasteiger partial charge in [-0.2, -0.15) is 5.10 Å². The number of esters is 1. The van der Waals surface area contributed by atoms with Gasteiger partial charge in [0, 0.05) is 11.3 Å². The number of rotatable bonds is 6. The molecule has 0 heterocycles. The lowest BCUT2D eigenvalue weighted by Crippen LogP contribution is -2.33. The third-order valence-electron chi connectivity index (χ3n) is 5.32. The van der Waals surface area contributed by atoms with Crippen LogP contribution in [0, 0.1) is 20.8 Å². The largest absolute Gasteiger partial charge is 0.493 e. The Hall–Kier alpha value is -4.46. The van der Waals surface area contributed by atoms with Crippen molar-refractivity contribution in [1.29, 1.82) is 0 Å². The zero-order valence-corrected chi connectivity index (χ0v) is 20.3. The molecule has 180 valence electrons. The van der Waals surface area contributed by atoms with E-state index in [0.717, 1.165) is 16.7 Å². The minimum absolute atomic E-state index is 0.245. The normalized spacial score (nSPS) is 10.9. The number of hydrazone groups is 1. The lowest BCUT2D eigenvalue weighted by Gasteiger charge is -2.12. The van der Waals surface area contributed by atoms with Crippen molar-refractivity contribution in [3.63, 3.8) is 0 Å². The molecule has 3 rings (SSSR count). The van der Waals surface area contributed by atoms with E-state index in [1.807, 2.05) is 45.0 Å². The average molecular weight is 474 g/mol. The summed E-state index contributed by atoms with van der Waals surface area (Å²) in [5.41, 5.74) is 6.90. The van der Waals surface area contributed by atoms with Crippen LogP contribution in [0.5, 0.6) is 11.5 Å². The molecule has 0 saturated carbocycles. The second kappa shape index (κ2) is 11.1. The van der Waals surface area contributed by atoms with E-state index in [4.69, 9.17) is 9.47 Å². The number of nitrogens with zero attached hydrogens (tertiary/aromatic N) is 1. The number of hydrogen-bond donors (Lipinski definition) is 2. The molecule has 0 aliphatic heterocycles. The third-order valence-corrected chi connectivity index (χ3v) is 5.32. The molecule has 0 aliphatic rings. The minimum atomic E-state index is -0.902. The molecule has 2 amide bonds. The summed E-state index contributed by atoms with van der Waals surface area (Å²) in [7, 11) is 1.45. The Morgan fingerprint density at radius 3 is 2.29 bits per heavy atom. The van der Waals surface area contributed by atoms with Gasteiger partial charge in [-0.1, -0.05) is 30.3 Å². The van der Waals surface area contributed by atoms with Gasteiger partial charge in [0.05, 0.1) is 18.4 Å². The lowest BCUT2D eigenvalue weighted by atomic mass is 10.1. The van der Waals surface area contributed by atoms with E-state index >= 15 is 0 Å². The molecule has 0 spiro atoms. The van der Waals surface area contributed by atoms with Crippen LogP contribution in [0.3, 0.4) is 0 Å². The maximum atomic E-state index is 12.5. The smallest absolute Gasteiger partial charge is 0.343 e. The van der Waals surface area contributed by atoms with Crippen molar-refractivity contribution in [3.8, 4) is 11.5 Å². The minimum Gasteiger partial charge on any atom is -0.493 e. The molecule has 0 aromatic heterocycles. The molecule has 0 radical (unpaired) electrons. The van der Waals surface area contributed by atoms with Crippen molar-refractivity contribution < 1.29 is 23.9 Å². The summed E-state index contributed by atoms with van der Waals surface area (Å²) in [6, 6.07) is 17.6. The first kappa shape index (κ1) is 25.2. The zero-order chi connectivity index (χ0) is 25.5. The second-order valence-corrected chi connectivity index (χ2v) is 7.98. The summed E-state index contributed by atoms with van der Waals surface area (Å²) in [6.07, 6.45) is 0.